The van der Waals surface area contributed by atoms with E-state index in [1.54, 1.807) is 12.4 Å². The van der Waals surface area contributed by atoms with Gasteiger partial charge in [-0.2, -0.15) is 10.2 Å². The molecule has 0 spiro atoms. The summed E-state index contributed by atoms with van der Waals surface area (Å²) in [5, 5.41) is 17.2. The minimum absolute atomic E-state index is 0.131. The summed E-state index contributed by atoms with van der Waals surface area (Å²) in [6.07, 6.45) is 5.57. The molecule has 1 aromatic carbocycles. The summed E-state index contributed by atoms with van der Waals surface area (Å²) < 4.78 is 0. The fraction of sp³-hybridized carbons (Fsp3) is 0.423. The fourth-order valence-electron chi connectivity index (χ4n) is 4.40. The highest BCUT2D eigenvalue weighted by molar-refractivity contribution is 6.02. The number of hydrogen-bond acceptors (Lipinski definition) is 8. The first-order valence-electron chi connectivity index (χ1n) is 12.3. The van der Waals surface area contributed by atoms with Crippen LogP contribution >= 0.6 is 0 Å². The number of aromatic nitrogens is 3. The highest BCUT2D eigenvalue weighted by atomic mass is 15.4. The minimum atomic E-state index is 0.131. The maximum atomic E-state index is 9.50. The number of nitrogens with one attached hydrogen (secondary N) is 2. The Morgan fingerprint density at radius 3 is 2.81 bits per heavy atom. The standard InChI is InChI=1S/C26H34N10/c1-19(2)23-17-35(24-10-12-29-25(33-24)30-13-14-34(3)4)15-16-36(23)26(31-18-27)32-22-9-5-8-21-20(22)7-6-11-28-21/h5-12,19,23H,13-17H2,1-4H3,(H,31,32)(H,29,30,33). The van der Waals surface area contributed by atoms with Crippen LogP contribution in [-0.2, 0) is 0 Å². The number of fused-ring (bicyclic) bond motifs is 1. The lowest BCUT2D eigenvalue weighted by atomic mass is 9.99. The zero-order valence-corrected chi connectivity index (χ0v) is 21.4. The van der Waals surface area contributed by atoms with Gasteiger partial charge in [-0.3, -0.25) is 4.98 Å². The van der Waals surface area contributed by atoms with Crippen molar-refractivity contribution in [3.8, 4) is 6.19 Å². The van der Waals surface area contributed by atoms with E-state index < -0.39 is 0 Å². The Bertz CT molecular complexity index is 1230. The summed E-state index contributed by atoms with van der Waals surface area (Å²) in [7, 11) is 4.08. The molecule has 1 fully saturated rings. The summed E-state index contributed by atoms with van der Waals surface area (Å²) in [5.74, 6) is 2.42. The first-order chi connectivity index (χ1) is 17.5. The van der Waals surface area contributed by atoms with Gasteiger partial charge in [0.15, 0.2) is 0 Å². The van der Waals surface area contributed by atoms with Crippen molar-refractivity contribution in [2.75, 3.05) is 62.4 Å². The topological polar surface area (TPSA) is 109 Å². The molecule has 2 aromatic heterocycles. The van der Waals surface area contributed by atoms with Crippen molar-refractivity contribution in [3.63, 3.8) is 0 Å². The highest BCUT2D eigenvalue weighted by Gasteiger charge is 2.32. The molecule has 10 heteroatoms. The van der Waals surface area contributed by atoms with E-state index in [2.05, 4.69) is 54.1 Å². The average Bonchev–Trinajstić information content (AvgIpc) is 2.88. The van der Waals surface area contributed by atoms with Crippen molar-refractivity contribution in [3.05, 3.63) is 48.8 Å². The molecule has 4 rings (SSSR count). The number of nitrogens with zero attached hydrogens (tertiary/aromatic N) is 8. The molecule has 1 atom stereocenters. The predicted molar refractivity (Wildman–Crippen MR) is 145 cm³/mol. The number of likely N-dealkylation sites (N-methyl/N-ethyl adjacent to an activating group) is 1. The first kappa shape index (κ1) is 25.1. The van der Waals surface area contributed by atoms with Crippen LogP contribution < -0.4 is 15.5 Å². The highest BCUT2D eigenvalue weighted by Crippen LogP contribution is 2.25. The van der Waals surface area contributed by atoms with Gasteiger partial charge in [-0.1, -0.05) is 19.9 Å². The molecule has 1 aliphatic rings. The summed E-state index contributed by atoms with van der Waals surface area (Å²) in [4.78, 5) is 24.4. The summed E-state index contributed by atoms with van der Waals surface area (Å²) >= 11 is 0. The van der Waals surface area contributed by atoms with Gasteiger partial charge >= 0.3 is 0 Å². The van der Waals surface area contributed by atoms with Crippen LogP contribution in [0, 0.1) is 17.4 Å². The molecular formula is C26H34N10. The molecule has 0 amide bonds. The number of piperazine rings is 1. The van der Waals surface area contributed by atoms with Gasteiger partial charge in [0.25, 0.3) is 0 Å². The lowest BCUT2D eigenvalue weighted by Crippen LogP contribution is -2.58. The van der Waals surface area contributed by atoms with Gasteiger partial charge in [0, 0.05) is 50.5 Å². The molecule has 1 unspecified atom stereocenters. The van der Waals surface area contributed by atoms with E-state index in [1.165, 1.54) is 0 Å². The maximum Gasteiger partial charge on any atom is 0.224 e. The molecule has 3 aromatic rings. The third-order valence-electron chi connectivity index (χ3n) is 6.32. The number of pyridine rings is 1. The third-order valence-corrected chi connectivity index (χ3v) is 6.32. The van der Waals surface area contributed by atoms with Crippen molar-refractivity contribution in [2.24, 2.45) is 10.9 Å². The van der Waals surface area contributed by atoms with Gasteiger partial charge in [-0.05, 0) is 50.3 Å². The van der Waals surface area contributed by atoms with E-state index in [-0.39, 0.29) is 6.04 Å². The molecule has 1 aliphatic heterocycles. The Hall–Kier alpha value is -3.97. The molecule has 2 N–H and O–H groups in total. The van der Waals surface area contributed by atoms with Gasteiger partial charge in [0.05, 0.1) is 17.2 Å². The largest absolute Gasteiger partial charge is 0.353 e. The number of nitriles is 1. The second-order valence-electron chi connectivity index (χ2n) is 9.46. The lowest BCUT2D eigenvalue weighted by molar-refractivity contribution is 0.224. The normalized spacial score (nSPS) is 16.5. The van der Waals surface area contributed by atoms with Gasteiger partial charge in [0.2, 0.25) is 18.1 Å². The Kier molecular flexibility index (Phi) is 8.13. The Morgan fingerprint density at radius 1 is 1.17 bits per heavy atom. The van der Waals surface area contributed by atoms with Crippen molar-refractivity contribution in [1.29, 1.82) is 5.26 Å². The molecule has 0 saturated carbocycles. The Morgan fingerprint density at radius 2 is 2.03 bits per heavy atom. The number of guanidine groups is 1. The summed E-state index contributed by atoms with van der Waals surface area (Å²) in [6, 6.07) is 11.9. The first-order valence-corrected chi connectivity index (χ1v) is 12.3. The van der Waals surface area contributed by atoms with E-state index in [1.807, 2.05) is 56.7 Å². The van der Waals surface area contributed by atoms with Crippen LogP contribution in [0.4, 0.5) is 17.5 Å². The lowest BCUT2D eigenvalue weighted by Gasteiger charge is -2.45. The number of hydrogen-bond donors (Lipinski definition) is 2. The van der Waals surface area contributed by atoms with Gasteiger partial charge in [-0.25, -0.2) is 4.98 Å². The quantitative estimate of drug-likeness (QED) is 0.296. The second kappa shape index (κ2) is 11.6. The molecule has 10 nitrogen and oxygen atoms in total. The van der Waals surface area contributed by atoms with Crippen LogP contribution in [0.2, 0.25) is 0 Å². The number of aliphatic imine (C=N–C) groups is 1. The zero-order valence-electron chi connectivity index (χ0n) is 21.4. The minimum Gasteiger partial charge on any atom is -0.353 e. The van der Waals surface area contributed by atoms with E-state index in [4.69, 9.17) is 4.98 Å². The smallest absolute Gasteiger partial charge is 0.224 e. The molecule has 36 heavy (non-hydrogen) atoms. The van der Waals surface area contributed by atoms with Crippen molar-refractivity contribution in [2.45, 2.75) is 19.9 Å². The van der Waals surface area contributed by atoms with Gasteiger partial charge in [-0.15, -0.1) is 4.99 Å². The zero-order chi connectivity index (χ0) is 25.5. The molecule has 1 saturated heterocycles. The van der Waals surface area contributed by atoms with E-state index >= 15 is 0 Å². The summed E-state index contributed by atoms with van der Waals surface area (Å²) in [5.41, 5.74) is 1.77. The van der Waals surface area contributed by atoms with E-state index in [0.29, 0.717) is 24.4 Å². The van der Waals surface area contributed by atoms with E-state index in [0.717, 1.165) is 48.6 Å². The number of benzene rings is 1. The predicted octanol–water partition coefficient (Wildman–Crippen LogP) is 3.09. The van der Waals surface area contributed by atoms with Crippen LogP contribution in [-0.4, -0.2) is 83.6 Å². The van der Waals surface area contributed by atoms with E-state index in [9.17, 15) is 5.26 Å². The third kappa shape index (κ3) is 5.98. The average molecular weight is 487 g/mol. The Labute approximate surface area is 212 Å². The van der Waals surface area contributed by atoms with Crippen LogP contribution in [0.25, 0.3) is 10.9 Å². The molecule has 3 heterocycles. The van der Waals surface area contributed by atoms with Crippen molar-refractivity contribution in [1.82, 2.24) is 24.8 Å². The molecule has 0 radical (unpaired) electrons. The van der Waals surface area contributed by atoms with Crippen LogP contribution in [0.3, 0.4) is 0 Å². The van der Waals surface area contributed by atoms with Crippen LogP contribution in [0.1, 0.15) is 13.8 Å². The second-order valence-corrected chi connectivity index (χ2v) is 9.46. The molecule has 188 valence electrons. The maximum absolute atomic E-state index is 9.50. The van der Waals surface area contributed by atoms with Gasteiger partial charge in [0.1, 0.15) is 5.82 Å². The van der Waals surface area contributed by atoms with Crippen molar-refractivity contribution >= 4 is 34.3 Å². The monoisotopic (exact) mass is 486 g/mol. The number of rotatable bonds is 7. The fourth-order valence-corrected chi connectivity index (χ4v) is 4.40. The SMILES string of the molecule is CC(C)C1CN(c2ccnc(NCCN(C)C)n2)CCN1/C(=N\C#N)Nc1cccc2ncccc12. The van der Waals surface area contributed by atoms with Crippen molar-refractivity contribution < 1.29 is 0 Å². The number of anilines is 3. The van der Waals surface area contributed by atoms with Gasteiger partial charge < -0.3 is 25.3 Å². The Balaban J connectivity index is 1.53. The molecular weight excluding hydrogens is 452 g/mol. The van der Waals surface area contributed by atoms with Crippen LogP contribution in [0.5, 0.6) is 0 Å². The molecule has 0 bridgehead atoms. The van der Waals surface area contributed by atoms with Crippen LogP contribution in [0.15, 0.2) is 53.8 Å². The summed E-state index contributed by atoms with van der Waals surface area (Å²) in [6.45, 7) is 8.29. The molecule has 0 aliphatic carbocycles.